The molecule has 274 valence electrons. The van der Waals surface area contributed by atoms with Gasteiger partial charge in [-0.2, -0.15) is 0 Å². The van der Waals surface area contributed by atoms with Crippen molar-refractivity contribution >= 4 is 11.9 Å². The zero-order valence-electron chi connectivity index (χ0n) is 30.9. The van der Waals surface area contributed by atoms with Crippen molar-refractivity contribution in [1.29, 1.82) is 0 Å². The molecule has 1 amide bonds. The van der Waals surface area contributed by atoms with E-state index in [1.54, 1.807) is 0 Å². The molecule has 0 saturated carbocycles. The molecule has 5 aliphatic rings. The third-order valence-electron chi connectivity index (χ3n) is 11.6. The average molecular weight is 679 g/mol. The summed E-state index contributed by atoms with van der Waals surface area (Å²) in [5.41, 5.74) is 1.36. The molecule has 7 unspecified atom stereocenters. The van der Waals surface area contributed by atoms with Crippen LogP contribution in [0.15, 0.2) is 48.1 Å². The Labute approximate surface area is 297 Å². The molecule has 4 saturated heterocycles. The van der Waals surface area contributed by atoms with Crippen LogP contribution in [0.4, 0.5) is 0 Å². The maximum Gasteiger partial charge on any atom is 0.309 e. The number of nitrogens with zero attached hydrogens (tertiary/aromatic N) is 2. The number of hydrogen-bond donors (Lipinski definition) is 0. The van der Waals surface area contributed by atoms with Gasteiger partial charge in [0.05, 0.1) is 30.8 Å². The lowest BCUT2D eigenvalue weighted by Crippen LogP contribution is -2.47. The summed E-state index contributed by atoms with van der Waals surface area (Å²) in [5, 5.41) is 0. The third kappa shape index (κ3) is 12.5. The summed E-state index contributed by atoms with van der Waals surface area (Å²) < 4.78 is 19.2. The number of esters is 1. The van der Waals surface area contributed by atoms with Gasteiger partial charge in [-0.1, -0.05) is 68.7 Å². The highest BCUT2D eigenvalue weighted by molar-refractivity contribution is 5.76. The average Bonchev–Trinajstić information content (AvgIpc) is 3.39. The summed E-state index contributed by atoms with van der Waals surface area (Å²) in [7, 11) is 0. The van der Waals surface area contributed by atoms with Crippen molar-refractivity contribution in [1.82, 2.24) is 9.80 Å². The van der Waals surface area contributed by atoms with Crippen molar-refractivity contribution in [2.75, 3.05) is 26.2 Å². The Morgan fingerprint density at radius 1 is 0.816 bits per heavy atom. The topological polar surface area (TPSA) is 68.3 Å². The number of hydrogen-bond acceptors (Lipinski definition) is 6. The Morgan fingerprint density at radius 3 is 2.29 bits per heavy atom. The first-order chi connectivity index (χ1) is 23.9. The molecule has 0 aromatic heterocycles. The van der Waals surface area contributed by atoms with E-state index in [1.807, 2.05) is 18.2 Å². The first kappa shape index (κ1) is 38.0. The van der Waals surface area contributed by atoms with E-state index in [0.29, 0.717) is 24.3 Å². The molecule has 7 atom stereocenters. The lowest BCUT2D eigenvalue weighted by Gasteiger charge is -2.38. The van der Waals surface area contributed by atoms with E-state index >= 15 is 0 Å². The monoisotopic (exact) mass is 678 g/mol. The van der Waals surface area contributed by atoms with Gasteiger partial charge >= 0.3 is 5.97 Å². The van der Waals surface area contributed by atoms with Gasteiger partial charge in [-0.3, -0.25) is 9.59 Å². The maximum atomic E-state index is 13.3. The van der Waals surface area contributed by atoms with Gasteiger partial charge in [0.1, 0.15) is 6.10 Å². The lowest BCUT2D eigenvalue weighted by molar-refractivity contribution is -0.154. The van der Waals surface area contributed by atoms with Crippen LogP contribution in [0, 0.1) is 11.8 Å². The molecule has 5 heterocycles. The molecular formula is C42H66N2O5. The zero-order chi connectivity index (χ0) is 34.4. The normalized spacial score (nSPS) is 35.0. The Hall–Kier alpha value is -2.22. The number of unbranched alkanes of at least 4 members (excludes halogenated alkanes) is 1. The van der Waals surface area contributed by atoms with Gasteiger partial charge in [0.2, 0.25) is 5.91 Å². The van der Waals surface area contributed by atoms with Crippen LogP contribution in [-0.2, 0) is 23.8 Å². The van der Waals surface area contributed by atoms with Gasteiger partial charge in [-0.15, -0.1) is 0 Å². The number of rotatable bonds is 7. The standard InChI is InChI=1S/C42H66N2O5/c1-4-34-28-38-30-37-16-14-15-36(47-37)27-32(2)19-20-33(3)40(49-42(46)31-39(29-34)48-38)17-10-6-5-7-11-18-41(45)44-25-21-35(22-26-44)43-23-12-8-9-13-24-43/h4-6,10,17,19-20,32-33,35-40H,7-9,11-16,18,21-31H2,1-3H3/b6-5-,17-10+,20-19+,34-4-. The molecule has 4 bridgehead atoms. The van der Waals surface area contributed by atoms with Crippen molar-refractivity contribution in [2.45, 2.75) is 166 Å². The highest BCUT2D eigenvalue weighted by Crippen LogP contribution is 2.33. The summed E-state index contributed by atoms with van der Waals surface area (Å²) in [6.45, 7) is 10.8. The Bertz CT molecular complexity index is 1150. The van der Waals surface area contributed by atoms with E-state index in [-0.39, 0.29) is 48.8 Å². The Balaban J connectivity index is 1.11. The second kappa shape index (κ2) is 20.0. The van der Waals surface area contributed by atoms with Crippen molar-refractivity contribution in [3.8, 4) is 0 Å². The minimum absolute atomic E-state index is 0.0382. The Kier molecular flexibility index (Phi) is 15.5. The van der Waals surface area contributed by atoms with Crippen LogP contribution in [0.2, 0.25) is 0 Å². The van der Waals surface area contributed by atoms with Crippen LogP contribution in [0.5, 0.6) is 0 Å². The predicted octanol–water partition coefficient (Wildman–Crippen LogP) is 8.49. The van der Waals surface area contributed by atoms with Crippen LogP contribution >= 0.6 is 0 Å². The molecule has 0 aromatic carbocycles. The molecule has 4 fully saturated rings. The molecule has 0 N–H and O–H groups in total. The largest absolute Gasteiger partial charge is 0.457 e. The molecule has 0 aromatic rings. The minimum Gasteiger partial charge on any atom is -0.457 e. The number of amides is 1. The van der Waals surface area contributed by atoms with E-state index in [9.17, 15) is 9.59 Å². The van der Waals surface area contributed by atoms with Gasteiger partial charge in [0.15, 0.2) is 0 Å². The van der Waals surface area contributed by atoms with Crippen LogP contribution in [0.1, 0.15) is 130 Å². The molecule has 0 radical (unpaired) electrons. The fourth-order valence-corrected chi connectivity index (χ4v) is 8.65. The van der Waals surface area contributed by atoms with Crippen LogP contribution in [-0.4, -0.2) is 84.4 Å². The van der Waals surface area contributed by atoms with E-state index in [2.05, 4.69) is 54.9 Å². The number of allylic oxidation sites excluding steroid dienone is 5. The molecule has 49 heavy (non-hydrogen) atoms. The van der Waals surface area contributed by atoms with Crippen molar-refractivity contribution < 1.29 is 23.8 Å². The molecule has 0 aliphatic carbocycles. The first-order valence-electron chi connectivity index (χ1n) is 20.0. The highest BCUT2D eigenvalue weighted by atomic mass is 16.5. The van der Waals surface area contributed by atoms with Gasteiger partial charge in [-0.25, -0.2) is 0 Å². The van der Waals surface area contributed by atoms with Crippen molar-refractivity contribution in [3.63, 3.8) is 0 Å². The van der Waals surface area contributed by atoms with Crippen molar-refractivity contribution in [3.05, 3.63) is 48.1 Å². The predicted molar refractivity (Wildman–Crippen MR) is 197 cm³/mol. The highest BCUT2D eigenvalue weighted by Gasteiger charge is 2.33. The van der Waals surface area contributed by atoms with Gasteiger partial charge in [0, 0.05) is 37.9 Å². The van der Waals surface area contributed by atoms with E-state index in [4.69, 9.17) is 14.2 Å². The fourth-order valence-electron chi connectivity index (χ4n) is 8.65. The third-order valence-corrected chi connectivity index (χ3v) is 11.6. The fraction of sp³-hybridized carbons (Fsp3) is 0.762. The quantitative estimate of drug-likeness (QED) is 0.116. The van der Waals surface area contributed by atoms with Gasteiger partial charge < -0.3 is 24.0 Å². The smallest absolute Gasteiger partial charge is 0.309 e. The summed E-state index contributed by atoms with van der Waals surface area (Å²) in [6.07, 6.45) is 32.2. The summed E-state index contributed by atoms with van der Waals surface area (Å²) in [5.74, 6) is 0.521. The van der Waals surface area contributed by atoms with E-state index < -0.39 is 0 Å². The Morgan fingerprint density at radius 2 is 1.53 bits per heavy atom. The molecule has 7 nitrogen and oxygen atoms in total. The molecular weight excluding hydrogens is 612 g/mol. The number of ether oxygens (including phenoxy) is 3. The minimum atomic E-state index is -0.358. The van der Waals surface area contributed by atoms with Gasteiger partial charge in [0.25, 0.3) is 0 Å². The van der Waals surface area contributed by atoms with Crippen molar-refractivity contribution in [2.24, 2.45) is 11.8 Å². The second-order valence-corrected chi connectivity index (χ2v) is 15.7. The number of cyclic esters (lactones) is 1. The molecule has 5 aliphatic heterocycles. The van der Waals surface area contributed by atoms with Gasteiger partial charge in [-0.05, 0) is 109 Å². The SMILES string of the molecule is C/C=C1\CC2CC(=O)OC(/C=C/C=C\CCCC(=O)N3CCC(N4CCCCCC4)CC3)C(C)/C=C/C(C)CC3CCCC(CC(C1)O2)O3. The van der Waals surface area contributed by atoms with E-state index in [0.717, 1.165) is 77.3 Å². The summed E-state index contributed by atoms with van der Waals surface area (Å²) in [4.78, 5) is 31.0. The van der Waals surface area contributed by atoms with E-state index in [1.165, 1.54) is 50.8 Å². The summed E-state index contributed by atoms with van der Waals surface area (Å²) in [6, 6.07) is 0.662. The zero-order valence-corrected chi connectivity index (χ0v) is 30.9. The van der Waals surface area contributed by atoms with Crippen LogP contribution < -0.4 is 0 Å². The van der Waals surface area contributed by atoms with Crippen LogP contribution in [0.3, 0.4) is 0 Å². The number of carbonyl (C=O) groups excluding carboxylic acids is 2. The number of carbonyl (C=O) groups is 2. The first-order valence-corrected chi connectivity index (χ1v) is 20.0. The second-order valence-electron chi connectivity index (χ2n) is 15.7. The maximum absolute atomic E-state index is 13.3. The molecule has 5 rings (SSSR count). The number of fused-ring (bicyclic) bond motifs is 4. The number of likely N-dealkylation sites (tertiary alicyclic amines) is 2. The molecule has 0 spiro atoms. The number of piperidine rings is 1. The lowest BCUT2D eigenvalue weighted by atomic mass is 9.90. The summed E-state index contributed by atoms with van der Waals surface area (Å²) >= 11 is 0. The van der Waals surface area contributed by atoms with Crippen LogP contribution in [0.25, 0.3) is 0 Å². The molecule has 7 heteroatoms.